The molecule has 4 aliphatic rings. The minimum absolute atomic E-state index is 0. The molecule has 0 nitrogen and oxygen atoms in total. The van der Waals surface area contributed by atoms with Crippen molar-refractivity contribution < 1.29 is 69.2 Å². The standard InChI is InChI=1S/4C10H15.4CH3.4ClH.4Ru/c4*1-6-7(2)9(4)10(5)8(6)3;;;;;;;;;;;;/h4*1-5H3;4*1H3;4*1H;;;;/q;;;;4*-1;;;;;4*+2/p-4. The summed E-state index contributed by atoms with van der Waals surface area (Å²) in [5, 5.41) is 0. The van der Waals surface area contributed by atoms with Gasteiger partial charge >= 0.3 is 108 Å². The van der Waals surface area contributed by atoms with E-state index in [4.69, 9.17) is 0 Å². The quantitative estimate of drug-likeness (QED) is 0.168. The van der Waals surface area contributed by atoms with Gasteiger partial charge in [0.15, 0.2) is 0 Å². The normalized spacial score (nSPS) is 22.4. The van der Waals surface area contributed by atoms with Gasteiger partial charge in [0, 0.05) is 0 Å². The summed E-state index contributed by atoms with van der Waals surface area (Å²) in [7, 11) is 18.3. The third-order valence-electron chi connectivity index (χ3n) is 11.2. The zero-order chi connectivity index (χ0) is 39.5. The molecule has 308 valence electrons. The van der Waals surface area contributed by atoms with Crippen LogP contribution in [0.1, 0.15) is 138 Å². The molecule has 0 spiro atoms. The van der Waals surface area contributed by atoms with E-state index in [9.17, 15) is 0 Å². The Kier molecular flexibility index (Phi) is 54.7. The summed E-state index contributed by atoms with van der Waals surface area (Å²) in [5.74, 6) is 29.4. The van der Waals surface area contributed by atoms with Gasteiger partial charge in [0.1, 0.15) is 0 Å². The van der Waals surface area contributed by atoms with Crippen molar-refractivity contribution in [2.45, 2.75) is 138 Å². The SMILES string of the molecule is C[C]1[C](C)[C](C)[C](C)[C]1C.C[C]1[C](C)[C](C)[C](C)[C]1C.C[C]1[C](C)[C](C)[C](C)[C]1C.C[C]1[C](C)[C](C)[C](C)[C]1C.[CH3-].[CH3-].[CH3-].[CH3-].[Cl][Ru+].[Cl][Ru+].[Cl][Ru+].[Cl][Ru+]. The summed E-state index contributed by atoms with van der Waals surface area (Å²) < 4.78 is 0. The van der Waals surface area contributed by atoms with Crippen molar-refractivity contribution in [1.82, 2.24) is 0 Å². The summed E-state index contributed by atoms with van der Waals surface area (Å²) in [5.41, 5.74) is 0. The molecule has 0 bridgehead atoms. The molecule has 0 aliphatic heterocycles. The second-order valence-electron chi connectivity index (χ2n) is 12.5. The average molecular weight is 1150 g/mol. The third kappa shape index (κ3) is 21.3. The van der Waals surface area contributed by atoms with Gasteiger partial charge in [-0.2, -0.15) is 0 Å². The van der Waals surface area contributed by atoms with Crippen LogP contribution in [-0.4, -0.2) is 0 Å². The third-order valence-corrected chi connectivity index (χ3v) is 11.2. The van der Waals surface area contributed by atoms with Crippen molar-refractivity contribution in [2.75, 3.05) is 0 Å². The van der Waals surface area contributed by atoms with Crippen LogP contribution >= 0.6 is 38.8 Å². The first-order valence-corrected chi connectivity index (χ1v) is 24.5. The topological polar surface area (TPSA) is 0 Å². The molecule has 8 heteroatoms. The van der Waals surface area contributed by atoms with Crippen LogP contribution in [0.15, 0.2) is 0 Å². The molecule has 0 unspecified atom stereocenters. The average Bonchev–Trinajstić information content (AvgIpc) is 3.56. The number of halogens is 4. The maximum atomic E-state index is 4.57. The first-order chi connectivity index (χ1) is 22.2. The van der Waals surface area contributed by atoms with E-state index in [1.165, 1.54) is 118 Å². The molecule has 0 saturated heterocycles. The van der Waals surface area contributed by atoms with E-state index in [1.807, 2.05) is 69.2 Å². The van der Waals surface area contributed by atoms with Gasteiger partial charge in [0.2, 0.25) is 0 Å². The first-order valence-electron chi connectivity index (χ1n) is 15.5. The monoisotopic (exact) mass is 1150 g/mol. The zero-order valence-corrected chi connectivity index (χ0v) is 46.9. The molecule has 4 aliphatic carbocycles. The van der Waals surface area contributed by atoms with Crippen LogP contribution in [0.3, 0.4) is 0 Å². The van der Waals surface area contributed by atoms with Crippen molar-refractivity contribution in [3.8, 4) is 0 Å². The van der Waals surface area contributed by atoms with E-state index in [2.05, 4.69) is 177 Å². The molecular weight excluding hydrogens is 1070 g/mol. The Morgan fingerprint density at radius 3 is 0.192 bits per heavy atom. The zero-order valence-electron chi connectivity index (χ0n) is 36.9. The molecule has 4 rings (SSSR count). The van der Waals surface area contributed by atoms with E-state index >= 15 is 0 Å². The Morgan fingerprint density at radius 2 is 0.173 bits per heavy atom. The van der Waals surface area contributed by atoms with Gasteiger partial charge in [-0.1, -0.05) is 138 Å². The molecule has 0 aromatic rings. The molecular formula is C44H72Cl4Ru4. The number of rotatable bonds is 0. The van der Waals surface area contributed by atoms with Crippen molar-refractivity contribution in [1.29, 1.82) is 0 Å². The fraction of sp³-hybridized carbons (Fsp3) is 0.455. The van der Waals surface area contributed by atoms with E-state index < -0.39 is 0 Å². The molecule has 0 N–H and O–H groups in total. The molecule has 0 aromatic carbocycles. The number of hydrogen-bond acceptors (Lipinski definition) is 0. The maximum absolute atomic E-state index is 4.57. The van der Waals surface area contributed by atoms with Crippen LogP contribution in [0.4, 0.5) is 0 Å². The molecule has 0 heterocycles. The predicted octanol–water partition coefficient (Wildman–Crippen LogP) is 16.4. The van der Waals surface area contributed by atoms with Crippen LogP contribution in [0.5, 0.6) is 0 Å². The van der Waals surface area contributed by atoms with Gasteiger partial charge in [0.05, 0.1) is 0 Å². The van der Waals surface area contributed by atoms with E-state index in [0.29, 0.717) is 0 Å². The Balaban J connectivity index is -0.0000000757. The van der Waals surface area contributed by atoms with Crippen LogP contribution in [-0.2, 0) is 69.2 Å². The molecule has 52 heavy (non-hydrogen) atoms. The fourth-order valence-electron chi connectivity index (χ4n) is 5.62. The molecule has 0 amide bonds. The molecule has 4 saturated carbocycles. The van der Waals surface area contributed by atoms with Crippen LogP contribution in [0, 0.1) is 148 Å². The second-order valence-corrected chi connectivity index (χ2v) is 12.5. The van der Waals surface area contributed by atoms with Gasteiger partial charge in [-0.05, 0) is 118 Å². The van der Waals surface area contributed by atoms with Crippen LogP contribution < -0.4 is 0 Å². The number of hydrogen-bond donors (Lipinski definition) is 0. The van der Waals surface area contributed by atoms with Crippen LogP contribution in [0.2, 0.25) is 0 Å². The molecule has 4 fully saturated rings. The first kappa shape index (κ1) is 73.2. The minimum atomic E-state index is 0. The summed E-state index contributed by atoms with van der Waals surface area (Å²) in [4.78, 5) is 0. The predicted molar refractivity (Wildman–Crippen MR) is 227 cm³/mol. The van der Waals surface area contributed by atoms with Crippen molar-refractivity contribution in [3.05, 3.63) is 148 Å². The van der Waals surface area contributed by atoms with Crippen molar-refractivity contribution >= 4 is 38.8 Å². The molecule has 0 aromatic heterocycles. The molecule has 0 atom stereocenters. The van der Waals surface area contributed by atoms with Gasteiger partial charge < -0.3 is 29.7 Å². The fourth-order valence-corrected chi connectivity index (χ4v) is 5.62. The Bertz CT molecular complexity index is 450. The van der Waals surface area contributed by atoms with Crippen molar-refractivity contribution in [2.24, 2.45) is 0 Å². The Hall–Kier alpha value is 3.65. The van der Waals surface area contributed by atoms with Gasteiger partial charge in [-0.25, -0.2) is 0 Å². The summed E-state index contributed by atoms with van der Waals surface area (Å²) in [6, 6.07) is 0. The summed E-state index contributed by atoms with van der Waals surface area (Å²) in [6.07, 6.45) is 0. The van der Waals surface area contributed by atoms with E-state index in [1.54, 1.807) is 0 Å². The van der Waals surface area contributed by atoms with Gasteiger partial charge in [0.25, 0.3) is 0 Å². The summed E-state index contributed by atoms with van der Waals surface area (Å²) >= 11 is 7.29. The Morgan fingerprint density at radius 1 is 0.154 bits per heavy atom. The van der Waals surface area contributed by atoms with E-state index in [-0.39, 0.29) is 29.7 Å². The van der Waals surface area contributed by atoms with E-state index in [0.717, 1.165) is 0 Å². The van der Waals surface area contributed by atoms with Crippen molar-refractivity contribution in [3.63, 3.8) is 0 Å². The van der Waals surface area contributed by atoms with Gasteiger partial charge in [-0.15, -0.1) is 0 Å². The van der Waals surface area contributed by atoms with Gasteiger partial charge in [-0.3, -0.25) is 0 Å². The molecule has 20 radical (unpaired) electrons. The summed E-state index contributed by atoms with van der Waals surface area (Å²) in [6.45, 7) is 44.0. The second kappa shape index (κ2) is 38.8. The van der Waals surface area contributed by atoms with Crippen LogP contribution in [0.25, 0.3) is 0 Å². The Labute approximate surface area is 390 Å².